The van der Waals surface area contributed by atoms with Crippen LogP contribution in [0.1, 0.15) is 28.6 Å². The Balaban J connectivity index is 0.00000289. The number of anilines is 1. The van der Waals surface area contributed by atoms with Crippen molar-refractivity contribution in [2.24, 2.45) is 0 Å². The van der Waals surface area contributed by atoms with Crippen LogP contribution in [0, 0.1) is 13.8 Å². The number of para-hydroxylation sites is 1. The second kappa shape index (κ2) is 9.90. The van der Waals surface area contributed by atoms with Crippen molar-refractivity contribution >= 4 is 56.0 Å². The summed E-state index contributed by atoms with van der Waals surface area (Å²) in [4.78, 5) is 22.2. The van der Waals surface area contributed by atoms with Gasteiger partial charge in [0.15, 0.2) is 22.2 Å². The number of amides is 1. The van der Waals surface area contributed by atoms with E-state index >= 15 is 0 Å². The molecule has 0 bridgehead atoms. The van der Waals surface area contributed by atoms with Gasteiger partial charge in [0.05, 0.1) is 16.8 Å². The van der Waals surface area contributed by atoms with Gasteiger partial charge in [-0.2, -0.15) is 0 Å². The summed E-state index contributed by atoms with van der Waals surface area (Å²) >= 11 is 1.54. The first-order valence-corrected chi connectivity index (χ1v) is 11.2. The van der Waals surface area contributed by atoms with E-state index in [0.29, 0.717) is 36.2 Å². The zero-order chi connectivity index (χ0) is 22.1. The molecule has 0 radical (unpaired) electrons. The van der Waals surface area contributed by atoms with Gasteiger partial charge in [0.1, 0.15) is 0 Å². The molecule has 0 spiro atoms. The first kappa shape index (κ1) is 24.0. The highest BCUT2D eigenvalue weighted by molar-refractivity contribution is 7.22. The number of hydrogen-bond acceptors (Lipinski definition) is 6. The molecule has 1 amide bonds. The number of nitrogens with zero attached hydrogens (tertiary/aromatic N) is 3. The number of fused-ring (bicyclic) bond motifs is 2. The van der Waals surface area contributed by atoms with Crippen molar-refractivity contribution in [1.29, 1.82) is 0 Å². The maximum Gasteiger partial charge on any atom is 0.295 e. The van der Waals surface area contributed by atoms with Crippen molar-refractivity contribution in [2.45, 2.75) is 20.8 Å². The zero-order valence-corrected chi connectivity index (χ0v) is 20.6. The van der Waals surface area contributed by atoms with Crippen molar-refractivity contribution in [3.05, 3.63) is 53.3 Å². The zero-order valence-electron chi connectivity index (χ0n) is 19.0. The molecular formula is C24H28ClN3O3S. The lowest BCUT2D eigenvalue weighted by molar-refractivity contribution is 0.0960. The highest BCUT2D eigenvalue weighted by Gasteiger charge is 2.25. The molecule has 2 aromatic carbocycles. The Labute approximate surface area is 198 Å². The third kappa shape index (κ3) is 4.75. The monoisotopic (exact) mass is 473 g/mol. The predicted molar refractivity (Wildman–Crippen MR) is 134 cm³/mol. The average molecular weight is 474 g/mol. The van der Waals surface area contributed by atoms with Crippen LogP contribution >= 0.6 is 23.7 Å². The number of ether oxygens (including phenoxy) is 1. The van der Waals surface area contributed by atoms with E-state index in [4.69, 9.17) is 14.1 Å². The maximum atomic E-state index is 13.6. The van der Waals surface area contributed by atoms with Gasteiger partial charge in [-0.15, -0.1) is 12.4 Å². The number of benzene rings is 2. The highest BCUT2D eigenvalue weighted by Crippen LogP contribution is 2.34. The Morgan fingerprint density at radius 2 is 1.94 bits per heavy atom. The summed E-state index contributed by atoms with van der Waals surface area (Å²) in [7, 11) is 3.98. The third-order valence-corrected chi connectivity index (χ3v) is 6.11. The predicted octanol–water partition coefficient (Wildman–Crippen LogP) is 5.69. The summed E-state index contributed by atoms with van der Waals surface area (Å²) in [5, 5.41) is 1.53. The molecule has 0 atom stereocenters. The van der Waals surface area contributed by atoms with Gasteiger partial charge in [0.2, 0.25) is 0 Å². The molecule has 2 heterocycles. The topological polar surface area (TPSA) is 58.8 Å². The van der Waals surface area contributed by atoms with E-state index in [0.717, 1.165) is 21.2 Å². The largest absolute Gasteiger partial charge is 0.490 e. The van der Waals surface area contributed by atoms with Gasteiger partial charge in [-0.25, -0.2) is 4.98 Å². The smallest absolute Gasteiger partial charge is 0.295 e. The molecule has 32 heavy (non-hydrogen) atoms. The minimum Gasteiger partial charge on any atom is -0.490 e. The van der Waals surface area contributed by atoms with Crippen LogP contribution in [0.3, 0.4) is 0 Å². The lowest BCUT2D eigenvalue weighted by Crippen LogP contribution is -2.36. The van der Waals surface area contributed by atoms with Crippen LogP contribution in [0.5, 0.6) is 5.75 Å². The number of carbonyl (C=O) groups excluding carboxylic acids is 1. The molecule has 170 valence electrons. The number of hydrogen-bond donors (Lipinski definition) is 0. The molecular weight excluding hydrogens is 446 g/mol. The molecule has 8 heteroatoms. The van der Waals surface area contributed by atoms with E-state index in [1.807, 2.05) is 39.2 Å². The fraction of sp³-hybridized carbons (Fsp3) is 0.333. The van der Waals surface area contributed by atoms with Crippen molar-refractivity contribution in [3.8, 4) is 5.75 Å². The summed E-state index contributed by atoms with van der Waals surface area (Å²) in [6.07, 6.45) is 0. The van der Waals surface area contributed by atoms with E-state index < -0.39 is 0 Å². The molecule has 0 fully saturated rings. The minimum atomic E-state index is -0.200. The second-order valence-electron chi connectivity index (χ2n) is 7.90. The molecule has 0 unspecified atom stereocenters. The molecule has 2 aromatic heterocycles. The molecule has 4 aromatic rings. The van der Waals surface area contributed by atoms with Gasteiger partial charge in [0, 0.05) is 18.5 Å². The summed E-state index contributed by atoms with van der Waals surface area (Å²) < 4.78 is 12.7. The number of furan rings is 1. The van der Waals surface area contributed by atoms with Crippen molar-refractivity contribution < 1.29 is 13.9 Å². The van der Waals surface area contributed by atoms with Gasteiger partial charge >= 0.3 is 0 Å². The van der Waals surface area contributed by atoms with Crippen molar-refractivity contribution in [1.82, 2.24) is 9.88 Å². The van der Waals surface area contributed by atoms with E-state index in [1.54, 1.807) is 11.0 Å². The SMILES string of the molecule is CCOc1cccc2cc(C(=O)N(CCN(C)C)c3nc4c(C)cc(C)cc4s3)oc12.Cl. The highest BCUT2D eigenvalue weighted by atomic mass is 35.5. The molecule has 0 aliphatic carbocycles. The van der Waals surface area contributed by atoms with Gasteiger partial charge in [-0.1, -0.05) is 29.5 Å². The first-order chi connectivity index (χ1) is 14.9. The van der Waals surface area contributed by atoms with Crippen LogP contribution in [0.2, 0.25) is 0 Å². The Morgan fingerprint density at radius 3 is 2.66 bits per heavy atom. The van der Waals surface area contributed by atoms with Gasteiger partial charge in [-0.3, -0.25) is 9.69 Å². The van der Waals surface area contributed by atoms with Crippen LogP contribution in [0.25, 0.3) is 21.2 Å². The fourth-order valence-electron chi connectivity index (χ4n) is 3.60. The summed E-state index contributed by atoms with van der Waals surface area (Å²) in [6, 6.07) is 11.7. The maximum absolute atomic E-state index is 13.6. The van der Waals surface area contributed by atoms with E-state index in [2.05, 4.69) is 30.9 Å². The van der Waals surface area contributed by atoms with Crippen LogP contribution in [0.15, 0.2) is 40.8 Å². The van der Waals surface area contributed by atoms with Gasteiger partial charge in [-0.05, 0) is 64.2 Å². The van der Waals surface area contributed by atoms with Gasteiger partial charge in [0.25, 0.3) is 5.91 Å². The van der Waals surface area contributed by atoms with Crippen molar-refractivity contribution in [2.75, 3.05) is 38.7 Å². The molecule has 4 rings (SSSR count). The number of aromatic nitrogens is 1. The minimum absolute atomic E-state index is 0. The molecule has 0 aliphatic heterocycles. The molecule has 0 aliphatic rings. The normalized spacial score (nSPS) is 11.2. The van der Waals surface area contributed by atoms with E-state index in [9.17, 15) is 4.79 Å². The third-order valence-electron chi connectivity index (χ3n) is 5.08. The number of rotatable bonds is 7. The molecule has 0 N–H and O–H groups in total. The number of halogens is 1. The molecule has 0 saturated carbocycles. The summed E-state index contributed by atoms with van der Waals surface area (Å²) in [5.74, 6) is 0.729. The standard InChI is InChI=1S/C24H27N3O3S.ClH/c1-6-29-18-9-7-8-17-14-19(30-22(17)18)23(28)27(11-10-26(4)5)24-25-21-16(3)12-15(2)13-20(21)31-24;/h7-9,12-14H,6,10-11H2,1-5H3;1H. The second-order valence-corrected chi connectivity index (χ2v) is 8.91. The summed E-state index contributed by atoms with van der Waals surface area (Å²) in [6.45, 7) is 7.81. The quantitative estimate of drug-likeness (QED) is 0.345. The summed E-state index contributed by atoms with van der Waals surface area (Å²) in [5.41, 5.74) is 3.84. The van der Waals surface area contributed by atoms with E-state index in [1.165, 1.54) is 16.9 Å². The average Bonchev–Trinajstić information content (AvgIpc) is 3.33. The Hall–Kier alpha value is -2.61. The Morgan fingerprint density at radius 1 is 1.16 bits per heavy atom. The lowest BCUT2D eigenvalue weighted by Gasteiger charge is -2.20. The van der Waals surface area contributed by atoms with E-state index in [-0.39, 0.29) is 24.1 Å². The number of carbonyl (C=O) groups is 1. The molecule has 6 nitrogen and oxygen atoms in total. The first-order valence-electron chi connectivity index (χ1n) is 10.4. The molecule has 0 saturated heterocycles. The number of thiazole rings is 1. The lowest BCUT2D eigenvalue weighted by atomic mass is 10.1. The number of likely N-dealkylation sites (N-methyl/N-ethyl adjacent to an activating group) is 1. The van der Waals surface area contributed by atoms with Crippen molar-refractivity contribution in [3.63, 3.8) is 0 Å². The number of aryl methyl sites for hydroxylation is 2. The fourth-order valence-corrected chi connectivity index (χ4v) is 4.77. The van der Waals surface area contributed by atoms with Gasteiger partial charge < -0.3 is 14.1 Å². The van der Waals surface area contributed by atoms with Crippen LogP contribution in [-0.2, 0) is 0 Å². The Kier molecular flexibility index (Phi) is 7.44. The van der Waals surface area contributed by atoms with Crippen LogP contribution < -0.4 is 9.64 Å². The Bertz CT molecular complexity index is 1250. The van der Waals surface area contributed by atoms with Crippen LogP contribution in [-0.4, -0.2) is 49.6 Å². The van der Waals surface area contributed by atoms with Crippen LogP contribution in [0.4, 0.5) is 5.13 Å².